The highest BCUT2D eigenvalue weighted by Crippen LogP contribution is 2.29. The molecule has 15 heavy (non-hydrogen) atoms. The maximum Gasteiger partial charge on any atom is 0.298 e. The summed E-state index contributed by atoms with van der Waals surface area (Å²) in [7, 11) is 0. The highest BCUT2D eigenvalue weighted by Gasteiger charge is 2.06. The van der Waals surface area contributed by atoms with Gasteiger partial charge in [-0.25, -0.2) is 0 Å². The van der Waals surface area contributed by atoms with Crippen molar-refractivity contribution in [2.75, 3.05) is 0 Å². The van der Waals surface area contributed by atoms with Crippen molar-refractivity contribution >= 4 is 27.5 Å². The van der Waals surface area contributed by atoms with E-state index in [9.17, 15) is 0 Å². The van der Waals surface area contributed by atoms with Crippen LogP contribution in [0.2, 0.25) is 0 Å². The number of para-hydroxylation sites is 1. The van der Waals surface area contributed by atoms with Crippen LogP contribution in [0, 0.1) is 0 Å². The molecule has 1 aromatic carbocycles. The Morgan fingerprint density at radius 2 is 2.20 bits per heavy atom. The largest absolute Gasteiger partial charge is 0.429 e. The van der Waals surface area contributed by atoms with Gasteiger partial charge in [0.1, 0.15) is 11.6 Å². The molecule has 0 aliphatic carbocycles. The van der Waals surface area contributed by atoms with Crippen LogP contribution in [-0.4, -0.2) is 9.36 Å². The molecular formula is C10H9BrN2OS. The number of hydrogen-bond donors (Lipinski definition) is 0. The fourth-order valence-electron chi connectivity index (χ4n) is 1.04. The minimum Gasteiger partial charge on any atom is -0.429 e. The normalized spacial score (nSPS) is 10.3. The van der Waals surface area contributed by atoms with Gasteiger partial charge in [-0.1, -0.05) is 19.1 Å². The molecule has 1 aromatic heterocycles. The van der Waals surface area contributed by atoms with Gasteiger partial charge in [-0.3, -0.25) is 0 Å². The van der Waals surface area contributed by atoms with E-state index in [2.05, 4.69) is 25.3 Å². The van der Waals surface area contributed by atoms with Crippen molar-refractivity contribution in [3.05, 3.63) is 34.6 Å². The zero-order chi connectivity index (χ0) is 10.7. The summed E-state index contributed by atoms with van der Waals surface area (Å²) in [4.78, 5) is 4.23. The van der Waals surface area contributed by atoms with Crippen LogP contribution in [0.3, 0.4) is 0 Å². The lowest BCUT2D eigenvalue weighted by atomic mass is 10.3. The van der Waals surface area contributed by atoms with Crippen molar-refractivity contribution in [1.29, 1.82) is 0 Å². The Hall–Kier alpha value is -0.940. The first kappa shape index (κ1) is 10.6. The van der Waals surface area contributed by atoms with E-state index >= 15 is 0 Å². The third-order valence-corrected chi connectivity index (χ3v) is 3.09. The van der Waals surface area contributed by atoms with Crippen LogP contribution in [-0.2, 0) is 6.42 Å². The highest BCUT2D eigenvalue weighted by atomic mass is 79.9. The monoisotopic (exact) mass is 284 g/mol. The topological polar surface area (TPSA) is 35.0 Å². The summed E-state index contributed by atoms with van der Waals surface area (Å²) < 4.78 is 10.7. The lowest BCUT2D eigenvalue weighted by Gasteiger charge is -2.02. The third kappa shape index (κ3) is 2.54. The van der Waals surface area contributed by atoms with Gasteiger partial charge in [0.2, 0.25) is 0 Å². The molecule has 1 heterocycles. The number of benzene rings is 1. The molecule has 0 amide bonds. The smallest absolute Gasteiger partial charge is 0.298 e. The SMILES string of the molecule is CCc1nsc(Oc2ccccc2Br)n1. The molecule has 0 unspecified atom stereocenters. The van der Waals surface area contributed by atoms with Gasteiger partial charge in [-0.15, -0.1) is 0 Å². The number of ether oxygens (including phenoxy) is 1. The standard InChI is InChI=1S/C10H9BrN2OS/c1-2-9-12-10(15-13-9)14-8-6-4-3-5-7(8)11/h3-6H,2H2,1H3. The first-order valence-corrected chi connectivity index (χ1v) is 6.11. The van der Waals surface area contributed by atoms with E-state index in [1.165, 1.54) is 11.5 Å². The first-order valence-electron chi connectivity index (χ1n) is 4.54. The van der Waals surface area contributed by atoms with E-state index in [1.807, 2.05) is 31.2 Å². The van der Waals surface area contributed by atoms with Gasteiger partial charge in [0.05, 0.1) is 4.47 Å². The highest BCUT2D eigenvalue weighted by molar-refractivity contribution is 9.10. The minimum atomic E-state index is 0.582. The van der Waals surface area contributed by atoms with Crippen LogP contribution in [0.5, 0.6) is 10.9 Å². The minimum absolute atomic E-state index is 0.582. The van der Waals surface area contributed by atoms with E-state index < -0.39 is 0 Å². The predicted octanol–water partition coefficient (Wildman–Crippen LogP) is 3.66. The summed E-state index contributed by atoms with van der Waals surface area (Å²) in [6.07, 6.45) is 0.829. The van der Waals surface area contributed by atoms with E-state index in [0.717, 1.165) is 22.5 Å². The van der Waals surface area contributed by atoms with Gasteiger partial charge in [0.15, 0.2) is 0 Å². The summed E-state index contributed by atoms with van der Waals surface area (Å²) >= 11 is 4.68. The molecule has 78 valence electrons. The molecule has 0 atom stereocenters. The van der Waals surface area contributed by atoms with Crippen LogP contribution in [0.25, 0.3) is 0 Å². The Kier molecular flexibility index (Phi) is 3.33. The van der Waals surface area contributed by atoms with Crippen LogP contribution < -0.4 is 4.74 Å². The number of rotatable bonds is 3. The molecule has 0 radical (unpaired) electrons. The molecule has 0 aliphatic rings. The summed E-state index contributed by atoms with van der Waals surface area (Å²) in [6.45, 7) is 2.02. The van der Waals surface area contributed by atoms with Crippen molar-refractivity contribution < 1.29 is 4.74 Å². The number of hydrogen-bond acceptors (Lipinski definition) is 4. The molecule has 0 fully saturated rings. The van der Waals surface area contributed by atoms with Crippen molar-refractivity contribution in [3.63, 3.8) is 0 Å². The Labute approximate surface area is 100 Å². The Bertz CT molecular complexity index is 458. The summed E-state index contributed by atoms with van der Waals surface area (Å²) in [5, 5.41) is 0.582. The Balaban J connectivity index is 2.18. The second-order valence-corrected chi connectivity index (χ2v) is 4.43. The number of aryl methyl sites for hydroxylation is 1. The van der Waals surface area contributed by atoms with Crippen molar-refractivity contribution in [2.45, 2.75) is 13.3 Å². The van der Waals surface area contributed by atoms with Crippen LogP contribution in [0.1, 0.15) is 12.7 Å². The van der Waals surface area contributed by atoms with E-state index in [0.29, 0.717) is 5.19 Å². The molecular weight excluding hydrogens is 276 g/mol. The lowest BCUT2D eigenvalue weighted by Crippen LogP contribution is -1.86. The summed E-state index contributed by atoms with van der Waals surface area (Å²) in [5.41, 5.74) is 0. The zero-order valence-electron chi connectivity index (χ0n) is 8.11. The maximum absolute atomic E-state index is 5.59. The van der Waals surface area contributed by atoms with Crippen molar-refractivity contribution in [3.8, 4) is 10.9 Å². The summed E-state index contributed by atoms with van der Waals surface area (Å²) in [6, 6.07) is 7.67. The van der Waals surface area contributed by atoms with Gasteiger partial charge < -0.3 is 4.74 Å². The van der Waals surface area contributed by atoms with Gasteiger partial charge in [-0.05, 0) is 28.1 Å². The zero-order valence-corrected chi connectivity index (χ0v) is 10.5. The molecule has 5 heteroatoms. The summed E-state index contributed by atoms with van der Waals surface area (Å²) in [5.74, 6) is 1.58. The van der Waals surface area contributed by atoms with Gasteiger partial charge in [0, 0.05) is 18.0 Å². The average Bonchev–Trinajstić information content (AvgIpc) is 2.69. The van der Waals surface area contributed by atoms with Crippen molar-refractivity contribution in [1.82, 2.24) is 9.36 Å². The third-order valence-electron chi connectivity index (χ3n) is 1.80. The van der Waals surface area contributed by atoms with Gasteiger partial charge >= 0.3 is 0 Å². The molecule has 0 N–H and O–H groups in total. The van der Waals surface area contributed by atoms with Gasteiger partial charge in [0.25, 0.3) is 5.19 Å². The molecule has 0 bridgehead atoms. The van der Waals surface area contributed by atoms with Gasteiger partial charge in [-0.2, -0.15) is 9.36 Å². The Morgan fingerprint density at radius 3 is 2.87 bits per heavy atom. The van der Waals surface area contributed by atoms with Crippen LogP contribution in [0.15, 0.2) is 28.7 Å². The average molecular weight is 285 g/mol. The maximum atomic E-state index is 5.59. The fourth-order valence-corrected chi connectivity index (χ4v) is 2.04. The molecule has 0 saturated carbocycles. The van der Waals surface area contributed by atoms with E-state index in [1.54, 1.807) is 0 Å². The molecule has 3 nitrogen and oxygen atoms in total. The van der Waals surface area contributed by atoms with Crippen LogP contribution >= 0.6 is 27.5 Å². The van der Waals surface area contributed by atoms with E-state index in [-0.39, 0.29) is 0 Å². The Morgan fingerprint density at radius 1 is 1.40 bits per heavy atom. The van der Waals surface area contributed by atoms with Crippen molar-refractivity contribution in [2.24, 2.45) is 0 Å². The second-order valence-electron chi connectivity index (χ2n) is 2.86. The van der Waals surface area contributed by atoms with Crippen LogP contribution in [0.4, 0.5) is 0 Å². The second kappa shape index (κ2) is 4.72. The number of halogens is 1. The molecule has 0 saturated heterocycles. The number of aromatic nitrogens is 2. The quantitative estimate of drug-likeness (QED) is 0.863. The predicted molar refractivity (Wildman–Crippen MR) is 63.5 cm³/mol. The number of nitrogens with zero attached hydrogens (tertiary/aromatic N) is 2. The first-order chi connectivity index (χ1) is 7.29. The van der Waals surface area contributed by atoms with E-state index in [4.69, 9.17) is 4.74 Å². The molecule has 2 aromatic rings. The fraction of sp³-hybridized carbons (Fsp3) is 0.200. The molecule has 0 spiro atoms. The lowest BCUT2D eigenvalue weighted by molar-refractivity contribution is 0.474. The molecule has 0 aliphatic heterocycles. The molecule has 2 rings (SSSR count).